The van der Waals surface area contributed by atoms with Gasteiger partial charge in [-0.2, -0.15) is 8.42 Å². The van der Waals surface area contributed by atoms with Crippen LogP contribution in [0.2, 0.25) is 0 Å². The Morgan fingerprint density at radius 1 is 1.10 bits per heavy atom. The van der Waals surface area contributed by atoms with Crippen LogP contribution in [0.3, 0.4) is 0 Å². The summed E-state index contributed by atoms with van der Waals surface area (Å²) in [6, 6.07) is 17.9. The molecular formula is C21H20N2O4S2. The van der Waals surface area contributed by atoms with Crippen molar-refractivity contribution < 1.29 is 17.4 Å². The molecule has 0 bridgehead atoms. The Bertz CT molecular complexity index is 1130. The van der Waals surface area contributed by atoms with Gasteiger partial charge in [-0.1, -0.05) is 36.4 Å². The van der Waals surface area contributed by atoms with Gasteiger partial charge in [-0.3, -0.25) is 4.79 Å². The molecule has 2 aromatic carbocycles. The van der Waals surface area contributed by atoms with E-state index in [1.807, 2.05) is 24.3 Å². The molecule has 1 aliphatic carbocycles. The summed E-state index contributed by atoms with van der Waals surface area (Å²) in [7, 11) is -3.71. The summed E-state index contributed by atoms with van der Waals surface area (Å²) in [5.74, 6) is 0.280. The van der Waals surface area contributed by atoms with Crippen LogP contribution in [0.15, 0.2) is 65.7 Å². The van der Waals surface area contributed by atoms with Crippen molar-refractivity contribution in [2.45, 2.75) is 23.9 Å². The second-order valence-corrected chi connectivity index (χ2v) is 9.59. The maximum Gasteiger partial charge on any atom is 0.310 e. The Kier molecular flexibility index (Phi) is 5.73. The SMILES string of the molecule is O=C(NC1CC1)c1cc(SCCS(=O)(=O)Oc2ccccc2)nc2ccccc12. The summed E-state index contributed by atoms with van der Waals surface area (Å²) in [4.78, 5) is 17.2. The van der Waals surface area contributed by atoms with E-state index in [2.05, 4.69) is 10.3 Å². The molecule has 150 valence electrons. The molecule has 4 rings (SSSR count). The minimum absolute atomic E-state index is 0.118. The zero-order valence-corrected chi connectivity index (χ0v) is 17.2. The zero-order valence-electron chi connectivity index (χ0n) is 15.6. The lowest BCUT2D eigenvalue weighted by Crippen LogP contribution is -2.25. The molecule has 1 saturated carbocycles. The van der Waals surface area contributed by atoms with Crippen LogP contribution in [0.25, 0.3) is 10.9 Å². The Hall–Kier alpha value is -2.58. The molecule has 0 saturated heterocycles. The second kappa shape index (κ2) is 8.42. The third-order valence-corrected chi connectivity index (χ3v) is 6.72. The summed E-state index contributed by atoms with van der Waals surface area (Å²) in [6.07, 6.45) is 2.02. The maximum absolute atomic E-state index is 12.6. The average Bonchev–Trinajstić information content (AvgIpc) is 3.51. The van der Waals surface area contributed by atoms with Crippen LogP contribution in [-0.2, 0) is 10.1 Å². The van der Waals surface area contributed by atoms with Gasteiger partial charge in [0.05, 0.1) is 21.9 Å². The van der Waals surface area contributed by atoms with Crippen LogP contribution in [0.1, 0.15) is 23.2 Å². The first kappa shape index (κ1) is 19.7. The topological polar surface area (TPSA) is 85.4 Å². The summed E-state index contributed by atoms with van der Waals surface area (Å²) >= 11 is 1.29. The molecule has 1 fully saturated rings. The minimum atomic E-state index is -3.71. The lowest BCUT2D eigenvalue weighted by atomic mass is 10.1. The van der Waals surface area contributed by atoms with E-state index in [1.165, 1.54) is 11.8 Å². The number of rotatable bonds is 8. The van der Waals surface area contributed by atoms with E-state index < -0.39 is 10.1 Å². The first-order valence-electron chi connectivity index (χ1n) is 9.31. The smallest absolute Gasteiger partial charge is 0.310 e. The number of para-hydroxylation sites is 2. The number of carbonyl (C=O) groups excluding carboxylic acids is 1. The number of benzene rings is 2. The van der Waals surface area contributed by atoms with E-state index in [0.717, 1.165) is 18.2 Å². The number of nitrogens with one attached hydrogen (secondary N) is 1. The van der Waals surface area contributed by atoms with Crippen molar-refractivity contribution in [2.24, 2.45) is 0 Å². The van der Waals surface area contributed by atoms with E-state index in [4.69, 9.17) is 4.18 Å². The van der Waals surface area contributed by atoms with Crippen LogP contribution < -0.4 is 9.50 Å². The van der Waals surface area contributed by atoms with Crippen molar-refractivity contribution in [3.63, 3.8) is 0 Å². The first-order valence-corrected chi connectivity index (χ1v) is 11.9. The highest BCUT2D eigenvalue weighted by atomic mass is 32.2. The number of hydrogen-bond donors (Lipinski definition) is 1. The fraction of sp³-hybridized carbons (Fsp3) is 0.238. The third kappa shape index (κ3) is 5.27. The highest BCUT2D eigenvalue weighted by Gasteiger charge is 2.25. The fourth-order valence-corrected chi connectivity index (χ4v) is 5.03. The summed E-state index contributed by atoms with van der Waals surface area (Å²) in [5.41, 5.74) is 1.27. The molecule has 0 aliphatic heterocycles. The van der Waals surface area contributed by atoms with Gasteiger partial charge in [0.15, 0.2) is 0 Å². The molecule has 1 N–H and O–H groups in total. The van der Waals surface area contributed by atoms with Gasteiger partial charge in [-0.15, -0.1) is 11.8 Å². The molecule has 1 aromatic heterocycles. The third-order valence-electron chi connectivity index (χ3n) is 4.40. The molecule has 8 heteroatoms. The predicted octanol–water partition coefficient (Wildman–Crippen LogP) is 3.63. The molecule has 0 spiro atoms. The van der Waals surface area contributed by atoms with Gasteiger partial charge in [0, 0.05) is 17.2 Å². The number of fused-ring (bicyclic) bond motifs is 1. The van der Waals surface area contributed by atoms with Gasteiger partial charge < -0.3 is 9.50 Å². The Labute approximate surface area is 173 Å². The summed E-state index contributed by atoms with van der Waals surface area (Å²) < 4.78 is 29.5. The number of carbonyl (C=O) groups is 1. The summed E-state index contributed by atoms with van der Waals surface area (Å²) in [5, 5.41) is 4.40. The maximum atomic E-state index is 12.6. The number of nitrogens with zero attached hydrogens (tertiary/aromatic N) is 1. The highest BCUT2D eigenvalue weighted by molar-refractivity contribution is 8.00. The molecule has 1 aliphatic rings. The van der Waals surface area contributed by atoms with Crippen LogP contribution in [0.5, 0.6) is 5.75 Å². The molecule has 29 heavy (non-hydrogen) atoms. The van der Waals surface area contributed by atoms with E-state index >= 15 is 0 Å². The van der Waals surface area contributed by atoms with Crippen molar-refractivity contribution in [3.05, 3.63) is 66.2 Å². The second-order valence-electron chi connectivity index (χ2n) is 6.78. The first-order chi connectivity index (χ1) is 14.0. The molecule has 0 radical (unpaired) electrons. The average molecular weight is 429 g/mol. The van der Waals surface area contributed by atoms with Crippen molar-refractivity contribution in [1.82, 2.24) is 10.3 Å². The summed E-state index contributed by atoms with van der Waals surface area (Å²) in [6.45, 7) is 0. The quantitative estimate of drug-likeness (QED) is 0.436. The molecule has 1 amide bonds. The van der Waals surface area contributed by atoms with E-state index in [9.17, 15) is 13.2 Å². The fourth-order valence-electron chi connectivity index (χ4n) is 2.82. The Morgan fingerprint density at radius 3 is 2.59 bits per heavy atom. The van der Waals surface area contributed by atoms with Crippen molar-refractivity contribution >= 4 is 38.7 Å². The van der Waals surface area contributed by atoms with Gasteiger partial charge in [0.2, 0.25) is 0 Å². The van der Waals surface area contributed by atoms with Crippen LogP contribution in [0.4, 0.5) is 0 Å². The minimum Gasteiger partial charge on any atom is -0.382 e. The molecular weight excluding hydrogens is 408 g/mol. The van der Waals surface area contributed by atoms with Crippen molar-refractivity contribution in [2.75, 3.05) is 11.5 Å². The lowest BCUT2D eigenvalue weighted by molar-refractivity contribution is 0.0952. The van der Waals surface area contributed by atoms with Gasteiger partial charge in [-0.25, -0.2) is 4.98 Å². The van der Waals surface area contributed by atoms with Crippen LogP contribution in [-0.4, -0.2) is 36.9 Å². The van der Waals surface area contributed by atoms with Gasteiger partial charge >= 0.3 is 10.1 Å². The largest absolute Gasteiger partial charge is 0.382 e. The number of aromatic nitrogens is 1. The zero-order chi connectivity index (χ0) is 20.3. The normalized spacial score (nSPS) is 13.9. The van der Waals surface area contributed by atoms with Gasteiger partial charge in [0.25, 0.3) is 5.91 Å². The number of amides is 1. The number of pyridine rings is 1. The predicted molar refractivity (Wildman–Crippen MR) is 114 cm³/mol. The van der Waals surface area contributed by atoms with Crippen molar-refractivity contribution in [3.8, 4) is 5.75 Å². The number of thioether (sulfide) groups is 1. The Morgan fingerprint density at radius 2 is 1.83 bits per heavy atom. The van der Waals surface area contributed by atoms with E-state index in [1.54, 1.807) is 36.4 Å². The molecule has 3 aromatic rings. The lowest BCUT2D eigenvalue weighted by Gasteiger charge is -2.10. The van der Waals surface area contributed by atoms with Gasteiger partial charge in [0.1, 0.15) is 5.75 Å². The standard InChI is InChI=1S/C21H20N2O4S2/c24-21(22-15-10-11-15)18-14-20(23-19-9-5-4-8-17(18)19)28-12-13-29(25,26)27-16-6-2-1-3-7-16/h1-9,14-15H,10-13H2,(H,22,24). The van der Waals surface area contributed by atoms with Gasteiger partial charge in [-0.05, 0) is 37.1 Å². The molecule has 0 unspecified atom stereocenters. The Balaban J connectivity index is 1.47. The molecule has 1 heterocycles. The highest BCUT2D eigenvalue weighted by Crippen LogP contribution is 2.26. The van der Waals surface area contributed by atoms with Crippen LogP contribution >= 0.6 is 11.8 Å². The van der Waals surface area contributed by atoms with E-state index in [-0.39, 0.29) is 23.5 Å². The molecule has 6 nitrogen and oxygen atoms in total. The number of hydrogen-bond acceptors (Lipinski definition) is 6. The monoisotopic (exact) mass is 428 g/mol. The van der Waals surface area contributed by atoms with Crippen LogP contribution in [0, 0.1) is 0 Å². The molecule has 0 atom stereocenters. The van der Waals surface area contributed by atoms with Crippen molar-refractivity contribution in [1.29, 1.82) is 0 Å². The van der Waals surface area contributed by atoms with E-state index in [0.29, 0.717) is 21.9 Å².